The number of carbonyl (C=O) groups is 1. The van der Waals surface area contributed by atoms with Crippen molar-refractivity contribution < 1.29 is 9.53 Å². The number of nitrogens with zero attached hydrogens (tertiary/aromatic N) is 2. The lowest BCUT2D eigenvalue weighted by molar-refractivity contribution is -0.141. The summed E-state index contributed by atoms with van der Waals surface area (Å²) < 4.78 is 4.74. The minimum atomic E-state index is -0.456. The van der Waals surface area contributed by atoms with Crippen LogP contribution in [0, 0.1) is 6.92 Å². The van der Waals surface area contributed by atoms with Crippen LogP contribution in [0.2, 0.25) is 0 Å². The van der Waals surface area contributed by atoms with Gasteiger partial charge in [0.25, 0.3) is 0 Å². The molecule has 0 saturated heterocycles. The molecule has 0 fully saturated rings. The van der Waals surface area contributed by atoms with Gasteiger partial charge < -0.3 is 15.4 Å². The van der Waals surface area contributed by atoms with Crippen molar-refractivity contribution in [2.45, 2.75) is 53.0 Å². The normalized spacial score (nSPS) is 12.1. The van der Waals surface area contributed by atoms with Crippen molar-refractivity contribution in [3.8, 4) is 0 Å². The molecular formula is C15H26N4O2. The van der Waals surface area contributed by atoms with Crippen molar-refractivity contribution in [2.75, 3.05) is 24.3 Å². The van der Waals surface area contributed by atoms with E-state index >= 15 is 0 Å². The average molecular weight is 294 g/mol. The first-order chi connectivity index (χ1) is 9.90. The van der Waals surface area contributed by atoms with Gasteiger partial charge >= 0.3 is 5.97 Å². The first kappa shape index (κ1) is 17.2. The van der Waals surface area contributed by atoms with E-state index in [4.69, 9.17) is 4.74 Å². The van der Waals surface area contributed by atoms with Crippen LogP contribution >= 0.6 is 0 Å². The van der Waals surface area contributed by atoms with Crippen molar-refractivity contribution in [1.29, 1.82) is 0 Å². The number of aromatic nitrogens is 2. The largest absolute Gasteiger partial charge is 0.467 e. The number of esters is 1. The zero-order chi connectivity index (χ0) is 16.0. The van der Waals surface area contributed by atoms with Crippen molar-refractivity contribution in [3.05, 3.63) is 11.4 Å². The van der Waals surface area contributed by atoms with Crippen LogP contribution in [-0.4, -0.2) is 35.6 Å². The third-order valence-electron chi connectivity index (χ3n) is 3.13. The fourth-order valence-corrected chi connectivity index (χ4v) is 1.79. The molecule has 6 nitrogen and oxygen atoms in total. The van der Waals surface area contributed by atoms with Crippen LogP contribution in [0.25, 0.3) is 0 Å². The maximum absolute atomic E-state index is 11.6. The molecule has 0 aromatic carbocycles. The number of hydrogen-bond acceptors (Lipinski definition) is 6. The zero-order valence-corrected chi connectivity index (χ0v) is 13.8. The van der Waals surface area contributed by atoms with Gasteiger partial charge in [0.15, 0.2) is 0 Å². The molecule has 1 heterocycles. The summed E-state index contributed by atoms with van der Waals surface area (Å²) in [6.07, 6.45) is 1.02. The Labute approximate surface area is 126 Å². The first-order valence-corrected chi connectivity index (χ1v) is 7.37. The lowest BCUT2D eigenvalue weighted by Gasteiger charge is -2.18. The topological polar surface area (TPSA) is 76.1 Å². The van der Waals surface area contributed by atoms with Gasteiger partial charge in [-0.05, 0) is 20.3 Å². The highest BCUT2D eigenvalue weighted by Gasteiger charge is 2.18. The van der Waals surface area contributed by atoms with Crippen LogP contribution in [-0.2, 0) is 9.53 Å². The van der Waals surface area contributed by atoms with E-state index < -0.39 is 6.04 Å². The number of hydrogen-bond donors (Lipinski definition) is 2. The summed E-state index contributed by atoms with van der Waals surface area (Å²) in [5.41, 5.74) is 0.906. The minimum absolute atomic E-state index is 0.210. The molecule has 0 radical (unpaired) electrons. The van der Waals surface area contributed by atoms with Crippen LogP contribution < -0.4 is 10.6 Å². The predicted octanol–water partition coefficient (Wildman–Crippen LogP) is 2.70. The number of rotatable bonds is 7. The molecule has 1 aromatic heterocycles. The second-order valence-electron chi connectivity index (χ2n) is 5.37. The maximum Gasteiger partial charge on any atom is 0.328 e. The maximum atomic E-state index is 11.6. The molecule has 6 heteroatoms. The number of carbonyl (C=O) groups excluding carboxylic acids is 1. The quantitative estimate of drug-likeness (QED) is 0.753. The summed E-state index contributed by atoms with van der Waals surface area (Å²) in [7, 11) is 1.38. The molecule has 0 aliphatic heterocycles. The van der Waals surface area contributed by atoms with Crippen LogP contribution in [0.3, 0.4) is 0 Å². The van der Waals surface area contributed by atoms with Gasteiger partial charge in [-0.15, -0.1) is 0 Å². The van der Waals surface area contributed by atoms with E-state index in [1.165, 1.54) is 7.11 Å². The van der Waals surface area contributed by atoms with E-state index in [9.17, 15) is 4.79 Å². The molecule has 1 aromatic rings. The molecule has 0 aliphatic rings. The molecule has 1 rings (SSSR count). The minimum Gasteiger partial charge on any atom is -0.467 e. The van der Waals surface area contributed by atoms with Crippen molar-refractivity contribution in [1.82, 2.24) is 9.97 Å². The third kappa shape index (κ3) is 4.58. The van der Waals surface area contributed by atoms with Crippen molar-refractivity contribution in [3.63, 3.8) is 0 Å². The Balaban J connectivity index is 3.10. The Morgan fingerprint density at radius 1 is 1.24 bits per heavy atom. The fourth-order valence-electron chi connectivity index (χ4n) is 1.79. The zero-order valence-electron chi connectivity index (χ0n) is 13.8. The van der Waals surface area contributed by atoms with Gasteiger partial charge in [0.1, 0.15) is 23.5 Å². The van der Waals surface area contributed by atoms with Gasteiger partial charge in [-0.2, -0.15) is 0 Å². The first-order valence-electron chi connectivity index (χ1n) is 7.37. The van der Waals surface area contributed by atoms with E-state index in [-0.39, 0.29) is 11.9 Å². The average Bonchev–Trinajstić information content (AvgIpc) is 2.46. The highest BCUT2D eigenvalue weighted by molar-refractivity contribution is 5.79. The predicted molar refractivity (Wildman–Crippen MR) is 84.7 cm³/mol. The molecule has 1 unspecified atom stereocenters. The summed E-state index contributed by atoms with van der Waals surface area (Å²) in [5.74, 6) is 2.13. The Morgan fingerprint density at radius 2 is 1.86 bits per heavy atom. The highest BCUT2D eigenvalue weighted by Crippen LogP contribution is 2.23. The molecule has 0 amide bonds. The van der Waals surface area contributed by atoms with E-state index in [0.29, 0.717) is 5.82 Å². The van der Waals surface area contributed by atoms with E-state index in [1.54, 1.807) is 6.92 Å². The molecule has 0 saturated carbocycles. The third-order valence-corrected chi connectivity index (χ3v) is 3.13. The van der Waals surface area contributed by atoms with Crippen molar-refractivity contribution >= 4 is 17.6 Å². The van der Waals surface area contributed by atoms with Crippen LogP contribution in [0.15, 0.2) is 0 Å². The van der Waals surface area contributed by atoms with Crippen LogP contribution in [0.5, 0.6) is 0 Å². The number of anilines is 2. The second kappa shape index (κ2) is 7.81. The summed E-state index contributed by atoms with van der Waals surface area (Å²) in [5, 5.41) is 6.41. The number of ether oxygens (including phenoxy) is 1. The van der Waals surface area contributed by atoms with Gasteiger partial charge in [0.05, 0.1) is 7.11 Å². The monoisotopic (exact) mass is 294 g/mol. The van der Waals surface area contributed by atoms with Gasteiger partial charge in [-0.25, -0.2) is 14.8 Å². The Hall–Kier alpha value is -1.85. The molecule has 21 heavy (non-hydrogen) atoms. The van der Waals surface area contributed by atoms with E-state index in [1.807, 2.05) is 20.8 Å². The second-order valence-corrected chi connectivity index (χ2v) is 5.37. The molecule has 118 valence electrons. The Morgan fingerprint density at radius 3 is 2.38 bits per heavy atom. The molecule has 0 bridgehead atoms. The molecule has 2 N–H and O–H groups in total. The Kier molecular flexibility index (Phi) is 6.39. The van der Waals surface area contributed by atoms with Crippen LogP contribution in [0.1, 0.15) is 51.4 Å². The van der Waals surface area contributed by atoms with Gasteiger partial charge in [-0.1, -0.05) is 20.8 Å². The molecule has 0 aliphatic carbocycles. The number of nitrogens with one attached hydrogen (secondary N) is 2. The summed E-state index contributed by atoms with van der Waals surface area (Å²) in [6, 6.07) is -0.456. The summed E-state index contributed by atoms with van der Waals surface area (Å²) in [6.45, 7) is 10.7. The fraction of sp³-hybridized carbons (Fsp3) is 0.667. The smallest absolute Gasteiger partial charge is 0.328 e. The van der Waals surface area contributed by atoms with Gasteiger partial charge in [0.2, 0.25) is 0 Å². The highest BCUT2D eigenvalue weighted by atomic mass is 16.5. The molecule has 0 spiro atoms. The SMILES string of the molecule is CCCNc1nc(C(C)C)nc(NC(C)C(=O)OC)c1C. The van der Waals surface area contributed by atoms with E-state index in [2.05, 4.69) is 27.5 Å². The summed E-state index contributed by atoms with van der Waals surface area (Å²) >= 11 is 0. The van der Waals surface area contributed by atoms with Crippen LogP contribution in [0.4, 0.5) is 11.6 Å². The van der Waals surface area contributed by atoms with Gasteiger partial charge in [0, 0.05) is 18.0 Å². The summed E-state index contributed by atoms with van der Waals surface area (Å²) in [4.78, 5) is 20.7. The van der Waals surface area contributed by atoms with Gasteiger partial charge in [-0.3, -0.25) is 0 Å². The number of methoxy groups -OCH3 is 1. The standard InChI is InChI=1S/C15H26N4O2/c1-7-8-16-13-10(4)14(17-11(5)15(20)21-6)19-12(18-13)9(2)3/h9,11H,7-8H2,1-6H3,(H2,16,17,18,19). The van der Waals surface area contributed by atoms with Crippen molar-refractivity contribution in [2.24, 2.45) is 0 Å². The lowest BCUT2D eigenvalue weighted by Crippen LogP contribution is -2.28. The molecular weight excluding hydrogens is 268 g/mol. The van der Waals surface area contributed by atoms with E-state index in [0.717, 1.165) is 30.2 Å². The Bertz CT molecular complexity index is 489. The molecule has 1 atom stereocenters. The lowest BCUT2D eigenvalue weighted by atomic mass is 10.2.